The molecule has 15 aromatic rings. The molecular formula is C72H41N5O. The fraction of sp³-hybridized carbons (Fsp3) is 0.0139. The second kappa shape index (κ2) is 16.0. The fourth-order valence-corrected chi connectivity index (χ4v) is 13.8. The second-order valence-corrected chi connectivity index (χ2v) is 20.5. The van der Waals surface area contributed by atoms with Crippen LogP contribution in [0, 0.1) is 11.3 Å². The van der Waals surface area contributed by atoms with Gasteiger partial charge in [0.15, 0.2) is 5.82 Å². The third-order valence-corrected chi connectivity index (χ3v) is 16.8. The number of nitriles is 1. The summed E-state index contributed by atoms with van der Waals surface area (Å²) in [5, 5.41) is 17.5. The molecule has 0 unspecified atom stereocenters. The molecule has 6 heteroatoms. The molecule has 4 aromatic heterocycles. The van der Waals surface area contributed by atoms with Crippen LogP contribution in [0.1, 0.15) is 27.8 Å². The van der Waals surface area contributed by atoms with Crippen LogP contribution in [-0.4, -0.2) is 19.1 Å². The molecule has 78 heavy (non-hydrogen) atoms. The van der Waals surface area contributed by atoms with Gasteiger partial charge in [0.1, 0.15) is 22.8 Å². The van der Waals surface area contributed by atoms with Gasteiger partial charge in [0.25, 0.3) is 0 Å². The lowest BCUT2D eigenvalue weighted by Crippen LogP contribution is -2.26. The Balaban J connectivity index is 1.08. The second-order valence-electron chi connectivity index (χ2n) is 20.5. The Labute approximate surface area is 447 Å². The van der Waals surface area contributed by atoms with E-state index in [9.17, 15) is 5.26 Å². The van der Waals surface area contributed by atoms with Crippen LogP contribution in [0.4, 0.5) is 0 Å². The standard InChI is InChI=1S/C72H41N5O/c73-42-53-66(43-22-4-1-5-23-43)74-71(75-67(53)44-24-6-2-7-25-44)52-40-41-59(61-51-33-15-21-39-60(51)78-70(52)61)77-58-38-20-13-31-49(58)63-65-62(68-64(69(63)77)50-32-14-19-37-57(50)76(68)45-26-8-3-9-27-45)48-30-12-18-36-56(48)72(65)54-34-16-10-28-46(54)47-29-11-17-35-55(47)72/h1-41H. The molecule has 0 saturated heterocycles. The highest BCUT2D eigenvalue weighted by Crippen LogP contribution is 2.67. The van der Waals surface area contributed by atoms with Gasteiger partial charge < -0.3 is 13.6 Å². The Bertz CT molecular complexity index is 4990. The Hall–Kier alpha value is -10.6. The molecule has 17 rings (SSSR count). The van der Waals surface area contributed by atoms with Gasteiger partial charge in [0.2, 0.25) is 0 Å². The highest BCUT2D eigenvalue weighted by atomic mass is 16.3. The van der Waals surface area contributed by atoms with Gasteiger partial charge in [-0.1, -0.05) is 206 Å². The molecule has 0 amide bonds. The van der Waals surface area contributed by atoms with Gasteiger partial charge >= 0.3 is 0 Å². The van der Waals surface area contributed by atoms with Crippen molar-refractivity contribution in [3.63, 3.8) is 0 Å². The van der Waals surface area contributed by atoms with Crippen LogP contribution in [0.2, 0.25) is 0 Å². The van der Waals surface area contributed by atoms with Crippen molar-refractivity contribution in [2.24, 2.45) is 0 Å². The van der Waals surface area contributed by atoms with E-state index in [0.717, 1.165) is 77.3 Å². The van der Waals surface area contributed by atoms with Crippen molar-refractivity contribution < 1.29 is 4.42 Å². The summed E-state index contributed by atoms with van der Waals surface area (Å²) in [5.41, 5.74) is 21.4. The smallest absolute Gasteiger partial charge is 0.164 e. The van der Waals surface area contributed by atoms with E-state index in [1.807, 2.05) is 72.8 Å². The van der Waals surface area contributed by atoms with Crippen molar-refractivity contribution in [3.05, 3.63) is 277 Å². The number of para-hydroxylation sites is 4. The van der Waals surface area contributed by atoms with E-state index in [1.54, 1.807) is 0 Å². The van der Waals surface area contributed by atoms with Crippen molar-refractivity contribution in [1.29, 1.82) is 5.26 Å². The van der Waals surface area contributed by atoms with Gasteiger partial charge in [-0.25, -0.2) is 9.97 Å². The van der Waals surface area contributed by atoms with Crippen molar-refractivity contribution >= 4 is 65.6 Å². The molecule has 4 heterocycles. The lowest BCUT2D eigenvalue weighted by Gasteiger charge is -2.31. The minimum absolute atomic E-state index is 0.414. The normalized spacial score (nSPS) is 13.0. The summed E-state index contributed by atoms with van der Waals surface area (Å²) in [6, 6.07) is 91.3. The number of rotatable bonds is 5. The summed E-state index contributed by atoms with van der Waals surface area (Å²) >= 11 is 0. The summed E-state index contributed by atoms with van der Waals surface area (Å²) in [6.45, 7) is 0. The van der Waals surface area contributed by atoms with E-state index >= 15 is 0 Å². The molecule has 0 aliphatic heterocycles. The number of hydrogen-bond acceptors (Lipinski definition) is 4. The zero-order chi connectivity index (χ0) is 51.2. The topological polar surface area (TPSA) is 72.6 Å². The van der Waals surface area contributed by atoms with Gasteiger partial charge in [0, 0.05) is 49.3 Å². The Morgan fingerprint density at radius 1 is 0.410 bits per heavy atom. The molecule has 2 aliphatic carbocycles. The number of nitrogens with zero attached hydrogens (tertiary/aromatic N) is 5. The molecule has 0 bridgehead atoms. The van der Waals surface area contributed by atoms with Crippen LogP contribution >= 0.6 is 0 Å². The summed E-state index contributed by atoms with van der Waals surface area (Å²) in [7, 11) is 0. The summed E-state index contributed by atoms with van der Waals surface area (Å²) in [5.74, 6) is 0.467. The lowest BCUT2D eigenvalue weighted by atomic mass is 9.69. The quantitative estimate of drug-likeness (QED) is 0.172. The van der Waals surface area contributed by atoms with E-state index in [-0.39, 0.29) is 0 Å². The van der Waals surface area contributed by atoms with Crippen molar-refractivity contribution in [2.75, 3.05) is 0 Å². The zero-order valence-electron chi connectivity index (χ0n) is 41.8. The Morgan fingerprint density at radius 2 is 0.910 bits per heavy atom. The van der Waals surface area contributed by atoms with Crippen molar-refractivity contribution in [3.8, 4) is 73.6 Å². The van der Waals surface area contributed by atoms with Crippen LogP contribution in [-0.2, 0) is 5.41 Å². The maximum absolute atomic E-state index is 10.9. The van der Waals surface area contributed by atoms with Crippen molar-refractivity contribution in [2.45, 2.75) is 5.41 Å². The number of fused-ring (bicyclic) bond motifs is 22. The fourth-order valence-electron chi connectivity index (χ4n) is 13.8. The van der Waals surface area contributed by atoms with Crippen LogP contribution in [0.15, 0.2) is 253 Å². The van der Waals surface area contributed by atoms with Gasteiger partial charge in [-0.05, 0) is 81.4 Å². The predicted octanol–water partition coefficient (Wildman–Crippen LogP) is 17.8. The molecule has 2 aliphatic rings. The van der Waals surface area contributed by atoms with E-state index in [0.29, 0.717) is 28.4 Å². The average Bonchev–Trinajstić information content (AvgIpc) is 2.57. The SMILES string of the molecule is N#Cc1c(-c2ccccc2)nc(-c2ccc(-n3c4ccccc4c4c5c(c6c(c7ccccc7n6-c6ccccc6)c43)-c3ccccc3C53c4ccccc4-c4ccccc43)c3c2oc2ccccc23)nc1-c1ccccc1. The molecule has 0 fully saturated rings. The van der Waals surface area contributed by atoms with Gasteiger partial charge in [-0.15, -0.1) is 0 Å². The van der Waals surface area contributed by atoms with E-state index in [4.69, 9.17) is 14.4 Å². The minimum atomic E-state index is -0.667. The van der Waals surface area contributed by atoms with Crippen LogP contribution in [0.5, 0.6) is 0 Å². The van der Waals surface area contributed by atoms with E-state index < -0.39 is 5.41 Å². The molecule has 6 nitrogen and oxygen atoms in total. The number of furan rings is 1. The first-order chi connectivity index (χ1) is 38.7. The van der Waals surface area contributed by atoms with E-state index in [1.165, 1.54) is 55.3 Å². The average molecular weight is 992 g/mol. The van der Waals surface area contributed by atoms with Gasteiger partial charge in [0.05, 0.1) is 55.5 Å². The Morgan fingerprint density at radius 3 is 1.54 bits per heavy atom. The first-order valence-corrected chi connectivity index (χ1v) is 26.5. The molecule has 360 valence electrons. The largest absolute Gasteiger partial charge is 0.455 e. The van der Waals surface area contributed by atoms with Crippen LogP contribution < -0.4 is 0 Å². The molecule has 0 radical (unpaired) electrons. The monoisotopic (exact) mass is 991 g/mol. The molecule has 0 saturated carbocycles. The molecule has 0 N–H and O–H groups in total. The molecule has 1 spiro atoms. The zero-order valence-corrected chi connectivity index (χ0v) is 41.8. The Kier molecular flexibility index (Phi) is 8.74. The highest BCUT2D eigenvalue weighted by molar-refractivity contribution is 6.33. The number of aromatic nitrogens is 4. The van der Waals surface area contributed by atoms with Gasteiger partial charge in [-0.3, -0.25) is 0 Å². The van der Waals surface area contributed by atoms with Gasteiger partial charge in [-0.2, -0.15) is 5.26 Å². The highest BCUT2D eigenvalue weighted by Gasteiger charge is 2.54. The maximum Gasteiger partial charge on any atom is 0.164 e. The maximum atomic E-state index is 10.9. The van der Waals surface area contributed by atoms with Crippen LogP contribution in [0.3, 0.4) is 0 Å². The summed E-state index contributed by atoms with van der Waals surface area (Å²) in [4.78, 5) is 10.6. The molecular weight excluding hydrogens is 951 g/mol. The first-order valence-electron chi connectivity index (χ1n) is 26.5. The van der Waals surface area contributed by atoms with Crippen molar-refractivity contribution in [1.82, 2.24) is 19.1 Å². The number of hydrogen-bond donors (Lipinski definition) is 0. The van der Waals surface area contributed by atoms with E-state index in [2.05, 4.69) is 191 Å². The minimum Gasteiger partial charge on any atom is -0.455 e. The summed E-state index contributed by atoms with van der Waals surface area (Å²) < 4.78 is 12.2. The molecule has 11 aromatic carbocycles. The third kappa shape index (κ3) is 5.48. The first kappa shape index (κ1) is 42.7. The predicted molar refractivity (Wildman–Crippen MR) is 315 cm³/mol. The molecule has 0 atom stereocenters. The number of benzene rings is 11. The summed E-state index contributed by atoms with van der Waals surface area (Å²) in [6.07, 6.45) is 0. The lowest BCUT2D eigenvalue weighted by molar-refractivity contribution is 0.669. The third-order valence-electron chi connectivity index (χ3n) is 16.8. The van der Waals surface area contributed by atoms with Crippen LogP contribution in [0.25, 0.3) is 133 Å².